The second kappa shape index (κ2) is 7.98. The van der Waals surface area contributed by atoms with Gasteiger partial charge in [0.2, 0.25) is 0 Å². The Balaban J connectivity index is 1.50. The Kier molecular flexibility index (Phi) is 5.25. The van der Waals surface area contributed by atoms with Crippen molar-refractivity contribution in [1.82, 2.24) is 20.1 Å². The summed E-state index contributed by atoms with van der Waals surface area (Å²) in [5.74, 6) is 1.05. The number of urea groups is 1. The number of benzene rings is 1. The molecule has 0 radical (unpaired) electrons. The number of pyridine rings is 1. The molecule has 3 N–H and O–H groups in total. The van der Waals surface area contributed by atoms with Crippen molar-refractivity contribution in [2.45, 2.75) is 45.4 Å². The normalized spacial score (nSPS) is 15.2. The Bertz CT molecular complexity index is 966. The first-order valence-corrected chi connectivity index (χ1v) is 9.73. The fourth-order valence-corrected chi connectivity index (χ4v) is 3.61. The Morgan fingerprint density at radius 3 is 2.79 bits per heavy atom. The number of fused-ring (bicyclic) bond motifs is 1. The maximum atomic E-state index is 12.4. The molecule has 1 atom stereocenters. The highest BCUT2D eigenvalue weighted by molar-refractivity contribution is 5.92. The molecule has 0 bridgehead atoms. The van der Waals surface area contributed by atoms with Crippen molar-refractivity contribution >= 4 is 22.8 Å². The van der Waals surface area contributed by atoms with E-state index in [1.165, 1.54) is 19.3 Å². The number of amides is 2. The molecule has 1 fully saturated rings. The number of carbonyl (C=O) groups excluding carboxylic acids is 1. The van der Waals surface area contributed by atoms with Crippen LogP contribution >= 0.6 is 0 Å². The van der Waals surface area contributed by atoms with Gasteiger partial charge in [-0.15, -0.1) is 0 Å². The number of anilines is 1. The molecule has 0 aliphatic heterocycles. The Morgan fingerprint density at radius 1 is 1.32 bits per heavy atom. The number of carbonyl (C=O) groups is 1. The van der Waals surface area contributed by atoms with Crippen LogP contribution in [-0.2, 0) is 13.2 Å². The van der Waals surface area contributed by atoms with Gasteiger partial charge in [0.05, 0.1) is 30.1 Å². The Morgan fingerprint density at radius 2 is 2.11 bits per heavy atom. The zero-order chi connectivity index (χ0) is 19.5. The number of hydrogen-bond acceptors (Lipinski definition) is 4. The molecular formula is C21H25N5O2. The molecule has 28 heavy (non-hydrogen) atoms. The molecule has 1 aliphatic rings. The van der Waals surface area contributed by atoms with Crippen molar-refractivity contribution in [3.05, 3.63) is 53.9 Å². The molecule has 0 spiro atoms. The van der Waals surface area contributed by atoms with Crippen LogP contribution in [0.5, 0.6) is 0 Å². The minimum absolute atomic E-state index is 0.132. The highest BCUT2D eigenvalue weighted by atomic mass is 16.3. The molecule has 4 rings (SSSR count). The van der Waals surface area contributed by atoms with E-state index in [4.69, 9.17) is 0 Å². The number of hydrogen-bond donors (Lipinski definition) is 3. The first kappa shape index (κ1) is 18.4. The fraction of sp³-hybridized carbons (Fsp3) is 0.381. The summed E-state index contributed by atoms with van der Waals surface area (Å²) in [5.41, 5.74) is 2.40. The summed E-state index contributed by atoms with van der Waals surface area (Å²) in [6.07, 6.45) is 5.50. The van der Waals surface area contributed by atoms with E-state index in [0.717, 1.165) is 23.0 Å². The van der Waals surface area contributed by atoms with Crippen LogP contribution in [0.3, 0.4) is 0 Å². The topological polar surface area (TPSA) is 92.1 Å². The third kappa shape index (κ3) is 3.84. The number of aromatic nitrogens is 3. The molecule has 1 saturated carbocycles. The average Bonchev–Trinajstić information content (AvgIpc) is 3.07. The number of rotatable bonds is 6. The van der Waals surface area contributed by atoms with Gasteiger partial charge in [0, 0.05) is 11.9 Å². The van der Waals surface area contributed by atoms with E-state index in [0.29, 0.717) is 17.4 Å². The van der Waals surface area contributed by atoms with Crippen LogP contribution in [0.2, 0.25) is 0 Å². The van der Waals surface area contributed by atoms with Gasteiger partial charge in [-0.05, 0) is 37.3 Å². The maximum Gasteiger partial charge on any atom is 0.320 e. The van der Waals surface area contributed by atoms with Crippen LogP contribution in [0.25, 0.3) is 10.9 Å². The largest absolute Gasteiger partial charge is 0.390 e. The van der Waals surface area contributed by atoms with Gasteiger partial charge in [0.15, 0.2) is 0 Å². The standard InChI is InChI=1S/C21H25N5O2/c1-14(16-8-3-2-4-9-16)23-21(28)25-19-10-17-11-22-26(12-15-6-5-7-15)20(17)18(13-27)24-19/h2-4,8-11,14-15,27H,5-7,12-13H2,1H3,(H2,23,24,25,28)/t14-/m1/s1. The van der Waals surface area contributed by atoms with Crippen molar-refractivity contribution in [2.24, 2.45) is 5.92 Å². The minimum atomic E-state index is -0.339. The fourth-order valence-electron chi connectivity index (χ4n) is 3.61. The molecule has 2 heterocycles. The van der Waals surface area contributed by atoms with Crippen molar-refractivity contribution in [2.75, 3.05) is 5.32 Å². The maximum absolute atomic E-state index is 12.4. The molecular weight excluding hydrogens is 354 g/mol. The molecule has 146 valence electrons. The SMILES string of the molecule is C[C@@H](NC(=O)Nc1cc2cnn(CC3CCC3)c2c(CO)n1)c1ccccc1. The van der Waals surface area contributed by atoms with E-state index in [1.807, 2.05) is 41.9 Å². The molecule has 2 aromatic heterocycles. The summed E-state index contributed by atoms with van der Waals surface area (Å²) in [6.45, 7) is 2.57. The summed E-state index contributed by atoms with van der Waals surface area (Å²) >= 11 is 0. The van der Waals surface area contributed by atoms with Crippen molar-refractivity contribution < 1.29 is 9.90 Å². The molecule has 7 nitrogen and oxygen atoms in total. The second-order valence-corrected chi connectivity index (χ2v) is 7.40. The van der Waals surface area contributed by atoms with Gasteiger partial charge in [0.25, 0.3) is 0 Å². The first-order chi connectivity index (χ1) is 13.6. The second-order valence-electron chi connectivity index (χ2n) is 7.40. The number of aliphatic hydroxyl groups is 1. The quantitative estimate of drug-likeness (QED) is 0.610. The van der Waals surface area contributed by atoms with E-state index < -0.39 is 0 Å². The molecule has 0 saturated heterocycles. The van der Waals surface area contributed by atoms with Gasteiger partial charge in [0.1, 0.15) is 5.82 Å². The Labute approximate surface area is 163 Å². The van der Waals surface area contributed by atoms with Crippen LogP contribution in [0.4, 0.5) is 10.6 Å². The summed E-state index contributed by atoms with van der Waals surface area (Å²) in [6, 6.07) is 11.1. The summed E-state index contributed by atoms with van der Waals surface area (Å²) in [4.78, 5) is 16.8. The number of nitrogens with zero attached hydrogens (tertiary/aromatic N) is 3. The molecule has 1 aliphatic carbocycles. The van der Waals surface area contributed by atoms with Gasteiger partial charge in [-0.3, -0.25) is 10.00 Å². The van der Waals surface area contributed by atoms with Crippen LogP contribution in [0.15, 0.2) is 42.6 Å². The van der Waals surface area contributed by atoms with Crippen molar-refractivity contribution in [3.8, 4) is 0 Å². The zero-order valence-electron chi connectivity index (χ0n) is 15.9. The minimum Gasteiger partial charge on any atom is -0.390 e. The highest BCUT2D eigenvalue weighted by Crippen LogP contribution is 2.30. The van der Waals surface area contributed by atoms with Gasteiger partial charge in [-0.1, -0.05) is 36.8 Å². The molecule has 1 aromatic carbocycles. The Hall–Kier alpha value is -2.93. The molecule has 0 unspecified atom stereocenters. The predicted octanol–water partition coefficient (Wildman–Crippen LogP) is 3.61. The lowest BCUT2D eigenvalue weighted by atomic mass is 9.85. The summed E-state index contributed by atoms with van der Waals surface area (Å²) in [5, 5.41) is 20.8. The van der Waals surface area contributed by atoms with Gasteiger partial charge < -0.3 is 10.4 Å². The van der Waals surface area contributed by atoms with E-state index >= 15 is 0 Å². The monoisotopic (exact) mass is 379 g/mol. The van der Waals surface area contributed by atoms with E-state index in [-0.39, 0.29) is 18.7 Å². The lowest BCUT2D eigenvalue weighted by Gasteiger charge is -2.25. The predicted molar refractivity (Wildman–Crippen MR) is 108 cm³/mol. The average molecular weight is 379 g/mol. The molecule has 7 heteroatoms. The zero-order valence-corrected chi connectivity index (χ0v) is 15.9. The van der Waals surface area contributed by atoms with Crippen LogP contribution in [0.1, 0.15) is 43.5 Å². The van der Waals surface area contributed by atoms with Crippen molar-refractivity contribution in [1.29, 1.82) is 0 Å². The van der Waals surface area contributed by atoms with Gasteiger partial charge >= 0.3 is 6.03 Å². The van der Waals surface area contributed by atoms with Crippen LogP contribution in [0, 0.1) is 5.92 Å². The van der Waals surface area contributed by atoms with E-state index in [1.54, 1.807) is 12.3 Å². The summed E-state index contributed by atoms with van der Waals surface area (Å²) in [7, 11) is 0. The highest BCUT2D eigenvalue weighted by Gasteiger charge is 2.21. The van der Waals surface area contributed by atoms with Crippen molar-refractivity contribution in [3.63, 3.8) is 0 Å². The van der Waals surface area contributed by atoms with Gasteiger partial charge in [-0.25, -0.2) is 9.78 Å². The molecule has 2 amide bonds. The third-order valence-corrected chi connectivity index (χ3v) is 5.38. The number of aliphatic hydroxyl groups excluding tert-OH is 1. The van der Waals surface area contributed by atoms with Gasteiger partial charge in [-0.2, -0.15) is 5.10 Å². The van der Waals surface area contributed by atoms with Crippen LogP contribution < -0.4 is 10.6 Å². The first-order valence-electron chi connectivity index (χ1n) is 9.73. The lowest BCUT2D eigenvalue weighted by Crippen LogP contribution is -2.31. The van der Waals surface area contributed by atoms with E-state index in [9.17, 15) is 9.90 Å². The van der Waals surface area contributed by atoms with Crippen LogP contribution in [-0.4, -0.2) is 25.9 Å². The summed E-state index contributed by atoms with van der Waals surface area (Å²) < 4.78 is 1.93. The smallest absolute Gasteiger partial charge is 0.320 e. The molecule has 3 aromatic rings. The van der Waals surface area contributed by atoms with E-state index in [2.05, 4.69) is 20.7 Å². The number of nitrogens with one attached hydrogen (secondary N) is 2. The lowest BCUT2D eigenvalue weighted by molar-refractivity contribution is 0.249. The third-order valence-electron chi connectivity index (χ3n) is 5.38.